The molecule has 0 N–H and O–H groups in total. The van der Waals surface area contributed by atoms with Crippen LogP contribution in [0.15, 0.2) is 152 Å². The fraction of sp³-hybridized carbons (Fsp3) is 0.250. The summed E-state index contributed by atoms with van der Waals surface area (Å²) >= 11 is 0. The first-order valence-corrected chi connectivity index (χ1v) is 19.1. The van der Waals surface area contributed by atoms with Gasteiger partial charge in [0.2, 0.25) is 0 Å². The minimum Gasteiger partial charge on any atom is -0.389 e. The lowest BCUT2D eigenvalue weighted by atomic mass is 9.61. The summed E-state index contributed by atoms with van der Waals surface area (Å²) in [6, 6.07) is 53.8. The SMILES string of the molecule is C[Si](C)(C)OC12COC(c3ccccc3)(c3ccccc3)C(c3ccccc3)CC1C(c1ccccc1)(c1ccccc1)O2. The molecule has 0 saturated carbocycles. The molecular weight excluding hydrogens is 557 g/mol. The van der Waals surface area contributed by atoms with E-state index in [1.165, 1.54) is 5.56 Å². The summed E-state index contributed by atoms with van der Waals surface area (Å²) in [7, 11) is -2.11. The Morgan fingerprint density at radius 1 is 0.545 bits per heavy atom. The van der Waals surface area contributed by atoms with E-state index in [1.807, 2.05) is 0 Å². The third-order valence-electron chi connectivity index (χ3n) is 9.31. The molecule has 3 atom stereocenters. The van der Waals surface area contributed by atoms with Crippen LogP contribution in [0.3, 0.4) is 0 Å². The molecule has 222 valence electrons. The van der Waals surface area contributed by atoms with Gasteiger partial charge in [-0.2, -0.15) is 0 Å². The molecule has 7 rings (SSSR count). The molecule has 2 aliphatic heterocycles. The summed E-state index contributed by atoms with van der Waals surface area (Å²) in [6.45, 7) is 7.05. The maximum absolute atomic E-state index is 7.45. The second-order valence-electron chi connectivity index (χ2n) is 13.1. The Kier molecular flexibility index (Phi) is 7.42. The summed E-state index contributed by atoms with van der Waals surface area (Å²) < 4.78 is 22.0. The Balaban J connectivity index is 1.51. The quantitative estimate of drug-likeness (QED) is 0.175. The fourth-order valence-corrected chi connectivity index (χ4v) is 9.00. The monoisotopic (exact) mass is 596 g/mol. The van der Waals surface area contributed by atoms with Crippen LogP contribution in [0.2, 0.25) is 19.6 Å². The largest absolute Gasteiger partial charge is 0.389 e. The number of fused-ring (bicyclic) bond motifs is 1. The molecule has 0 bridgehead atoms. The van der Waals surface area contributed by atoms with Crippen LogP contribution in [0.25, 0.3) is 0 Å². The van der Waals surface area contributed by atoms with E-state index in [0.29, 0.717) is 6.61 Å². The van der Waals surface area contributed by atoms with Gasteiger partial charge < -0.3 is 13.9 Å². The van der Waals surface area contributed by atoms with Crippen molar-refractivity contribution in [3.8, 4) is 0 Å². The number of ether oxygens (including phenoxy) is 2. The average Bonchev–Trinajstić information content (AvgIpc) is 3.17. The van der Waals surface area contributed by atoms with Gasteiger partial charge in [0.1, 0.15) is 17.8 Å². The lowest BCUT2D eigenvalue weighted by Gasteiger charge is -2.63. The molecule has 5 aromatic rings. The minimum atomic E-state index is -2.11. The zero-order chi connectivity index (χ0) is 30.3. The highest BCUT2D eigenvalue weighted by molar-refractivity contribution is 6.69. The minimum absolute atomic E-state index is 0.0222. The third-order valence-corrected chi connectivity index (χ3v) is 10.3. The Bertz CT molecular complexity index is 1590. The molecule has 0 radical (unpaired) electrons. The molecule has 3 unspecified atom stereocenters. The van der Waals surface area contributed by atoms with Crippen molar-refractivity contribution in [1.82, 2.24) is 0 Å². The molecule has 2 saturated heterocycles. The highest BCUT2D eigenvalue weighted by Crippen LogP contribution is 2.65. The molecule has 4 heteroatoms. The second kappa shape index (κ2) is 11.3. The van der Waals surface area contributed by atoms with Crippen LogP contribution in [0.5, 0.6) is 0 Å². The smallest absolute Gasteiger partial charge is 0.190 e. The first-order chi connectivity index (χ1) is 21.4. The molecule has 2 fully saturated rings. The van der Waals surface area contributed by atoms with Gasteiger partial charge in [-0.3, -0.25) is 0 Å². The number of hydrogen-bond donors (Lipinski definition) is 0. The Morgan fingerprint density at radius 2 is 0.932 bits per heavy atom. The van der Waals surface area contributed by atoms with Crippen LogP contribution in [0, 0.1) is 5.92 Å². The van der Waals surface area contributed by atoms with Crippen molar-refractivity contribution >= 4 is 8.32 Å². The predicted molar refractivity (Wildman–Crippen MR) is 179 cm³/mol. The number of benzene rings is 5. The van der Waals surface area contributed by atoms with Gasteiger partial charge in [0.25, 0.3) is 0 Å². The summed E-state index contributed by atoms with van der Waals surface area (Å²) in [5.74, 6) is -0.957. The van der Waals surface area contributed by atoms with Gasteiger partial charge >= 0.3 is 0 Å². The van der Waals surface area contributed by atoms with E-state index in [1.54, 1.807) is 0 Å². The molecular formula is C40H40O3Si. The highest BCUT2D eigenvalue weighted by atomic mass is 28.4. The van der Waals surface area contributed by atoms with Crippen LogP contribution in [-0.2, 0) is 25.1 Å². The number of hydrogen-bond acceptors (Lipinski definition) is 3. The van der Waals surface area contributed by atoms with E-state index >= 15 is 0 Å². The van der Waals surface area contributed by atoms with Gasteiger partial charge in [0.15, 0.2) is 14.1 Å². The van der Waals surface area contributed by atoms with E-state index in [4.69, 9.17) is 13.9 Å². The van der Waals surface area contributed by atoms with Crippen molar-refractivity contribution in [2.45, 2.75) is 49.0 Å². The maximum atomic E-state index is 7.45. The topological polar surface area (TPSA) is 27.7 Å². The maximum Gasteiger partial charge on any atom is 0.190 e. The first-order valence-electron chi connectivity index (χ1n) is 15.7. The van der Waals surface area contributed by atoms with Crippen molar-refractivity contribution < 1.29 is 13.9 Å². The fourth-order valence-electron chi connectivity index (χ4n) is 7.72. The first kappa shape index (κ1) is 28.9. The standard InChI is InChI=1S/C40H40O3Si/c1-44(2,3)43-38-30-41-39(32-21-11-5-12-22-32,33-23-13-6-14-24-33)36(31-19-9-4-10-20-31)29-37(38)40(42-38,34-25-15-7-16-26-34)35-27-17-8-18-28-35/h4-28,36-37H,29-30H2,1-3H3. The van der Waals surface area contributed by atoms with Crippen molar-refractivity contribution in [3.05, 3.63) is 179 Å². The zero-order valence-corrected chi connectivity index (χ0v) is 26.7. The van der Waals surface area contributed by atoms with Crippen molar-refractivity contribution in [2.75, 3.05) is 6.61 Å². The molecule has 0 spiro atoms. The van der Waals surface area contributed by atoms with Crippen LogP contribution >= 0.6 is 0 Å². The van der Waals surface area contributed by atoms with Gasteiger partial charge in [-0.25, -0.2) is 0 Å². The van der Waals surface area contributed by atoms with Crippen molar-refractivity contribution in [1.29, 1.82) is 0 Å². The molecule has 2 aliphatic rings. The molecule has 2 heterocycles. The van der Waals surface area contributed by atoms with Crippen LogP contribution in [-0.4, -0.2) is 20.7 Å². The zero-order valence-electron chi connectivity index (χ0n) is 25.7. The Morgan fingerprint density at radius 3 is 1.34 bits per heavy atom. The van der Waals surface area contributed by atoms with E-state index in [2.05, 4.69) is 171 Å². The summed E-state index contributed by atoms with van der Waals surface area (Å²) in [5.41, 5.74) is 4.34. The van der Waals surface area contributed by atoms with E-state index in [9.17, 15) is 0 Å². The molecule has 0 aliphatic carbocycles. The van der Waals surface area contributed by atoms with Gasteiger partial charge in [0.05, 0.1) is 5.92 Å². The Hall–Kier alpha value is -3.80. The average molecular weight is 597 g/mol. The number of rotatable bonds is 7. The predicted octanol–water partition coefficient (Wildman–Crippen LogP) is 9.27. The lowest BCUT2D eigenvalue weighted by Crippen LogP contribution is -2.71. The summed E-state index contributed by atoms with van der Waals surface area (Å²) in [4.78, 5) is 0. The molecule has 0 aromatic heterocycles. The summed E-state index contributed by atoms with van der Waals surface area (Å²) in [6.07, 6.45) is 0.794. The highest BCUT2D eigenvalue weighted by Gasteiger charge is 2.71. The van der Waals surface area contributed by atoms with E-state index in [-0.39, 0.29) is 11.8 Å². The van der Waals surface area contributed by atoms with Crippen LogP contribution < -0.4 is 0 Å². The molecule has 3 nitrogen and oxygen atoms in total. The van der Waals surface area contributed by atoms with Crippen LogP contribution in [0.1, 0.15) is 40.2 Å². The van der Waals surface area contributed by atoms with Gasteiger partial charge in [-0.15, -0.1) is 0 Å². The van der Waals surface area contributed by atoms with E-state index in [0.717, 1.165) is 28.7 Å². The molecule has 44 heavy (non-hydrogen) atoms. The Labute approximate surface area is 262 Å². The third kappa shape index (κ3) is 4.78. The van der Waals surface area contributed by atoms with Crippen molar-refractivity contribution in [2.24, 2.45) is 5.92 Å². The normalized spacial score (nSPS) is 24.0. The van der Waals surface area contributed by atoms with E-state index < -0.39 is 25.3 Å². The molecule has 5 aromatic carbocycles. The van der Waals surface area contributed by atoms with Crippen LogP contribution in [0.4, 0.5) is 0 Å². The second-order valence-corrected chi connectivity index (χ2v) is 17.5. The summed E-state index contributed by atoms with van der Waals surface area (Å²) in [5, 5.41) is 0. The van der Waals surface area contributed by atoms with Crippen molar-refractivity contribution in [3.63, 3.8) is 0 Å². The lowest BCUT2D eigenvalue weighted by molar-refractivity contribution is -0.406. The van der Waals surface area contributed by atoms with Gasteiger partial charge in [-0.05, 0) is 53.9 Å². The molecule has 0 amide bonds. The van der Waals surface area contributed by atoms with Gasteiger partial charge in [-0.1, -0.05) is 152 Å². The van der Waals surface area contributed by atoms with Gasteiger partial charge in [0, 0.05) is 5.92 Å².